The first-order chi connectivity index (χ1) is 23.6. The first-order valence-electron chi connectivity index (χ1n) is 15.8. The Hall–Kier alpha value is -4.59. The van der Waals surface area contributed by atoms with Crippen molar-refractivity contribution in [2.45, 2.75) is 83.0 Å². The Morgan fingerprint density at radius 2 is 1.78 bits per heavy atom. The minimum absolute atomic E-state index is 0.00343. The number of esters is 1. The highest BCUT2D eigenvalue weighted by Gasteiger charge is 2.34. The summed E-state index contributed by atoms with van der Waals surface area (Å²) in [6.07, 6.45) is 0.376. The lowest BCUT2D eigenvalue weighted by Gasteiger charge is -2.31. The second kappa shape index (κ2) is 19.0. The van der Waals surface area contributed by atoms with Crippen LogP contribution in [-0.2, 0) is 55.0 Å². The summed E-state index contributed by atoms with van der Waals surface area (Å²) in [5, 5.41) is 24.1. The Morgan fingerprint density at radius 1 is 1.06 bits per heavy atom. The zero-order chi connectivity index (χ0) is 36.8. The fourth-order valence-electron chi connectivity index (χ4n) is 4.92. The fraction of sp³-hybridized carbons (Fsp3) is 0.548. The number of aliphatic hydroxyl groups is 1. The standard InChI is InChI=1S/C31H41N3O15S/c1-19(35)47-17-20-7-8-22(48-29-15-21(36)14-25(49-29)31(41)42)16-24(20)46-13-5-11-32-30(40)23(18-50(43,44)45)33-26(37)6-3-2-4-12-34-27(38)9-10-28(34)39/h7-10,16,21,23,25,29,36H,2-6,11-15,17-18H2,1H3,(H,32,40)(H,33,37)(H,41,42)(H,43,44,45)/t21-,23-,25-,29+/m0/s1. The van der Waals surface area contributed by atoms with Crippen LogP contribution in [0.4, 0.5) is 0 Å². The van der Waals surface area contributed by atoms with Crippen LogP contribution in [0.15, 0.2) is 30.4 Å². The number of imide groups is 1. The summed E-state index contributed by atoms with van der Waals surface area (Å²) in [6.45, 7) is 1.24. The first-order valence-corrected chi connectivity index (χ1v) is 17.4. The largest absolute Gasteiger partial charge is 0.493 e. The number of benzene rings is 1. The number of carboxylic acids is 1. The average molecular weight is 728 g/mol. The molecule has 1 fully saturated rings. The van der Waals surface area contributed by atoms with Gasteiger partial charge in [0.15, 0.2) is 6.10 Å². The highest BCUT2D eigenvalue weighted by atomic mass is 32.2. The molecule has 276 valence electrons. The number of hydrogen-bond donors (Lipinski definition) is 5. The predicted octanol–water partition coefficient (Wildman–Crippen LogP) is -0.178. The van der Waals surface area contributed by atoms with Crippen molar-refractivity contribution in [1.29, 1.82) is 0 Å². The fourth-order valence-corrected chi connectivity index (χ4v) is 5.58. The summed E-state index contributed by atoms with van der Waals surface area (Å²) in [4.78, 5) is 72.2. The molecule has 50 heavy (non-hydrogen) atoms. The monoisotopic (exact) mass is 727 g/mol. The number of nitrogens with one attached hydrogen (secondary N) is 2. The Balaban J connectivity index is 1.49. The summed E-state index contributed by atoms with van der Waals surface area (Å²) < 4.78 is 54.4. The molecule has 0 saturated carbocycles. The molecule has 1 saturated heterocycles. The van der Waals surface area contributed by atoms with Crippen LogP contribution in [-0.4, -0.2) is 114 Å². The van der Waals surface area contributed by atoms with Gasteiger partial charge in [0.25, 0.3) is 21.9 Å². The van der Waals surface area contributed by atoms with Crippen molar-refractivity contribution < 1.29 is 70.9 Å². The minimum atomic E-state index is -4.65. The number of aliphatic carboxylic acids is 1. The predicted molar refractivity (Wildman–Crippen MR) is 170 cm³/mol. The highest BCUT2D eigenvalue weighted by molar-refractivity contribution is 7.85. The Bertz CT molecular complexity index is 1530. The van der Waals surface area contributed by atoms with Gasteiger partial charge in [0.05, 0.1) is 12.7 Å². The second-order valence-corrected chi connectivity index (χ2v) is 13.0. The van der Waals surface area contributed by atoms with E-state index in [9.17, 15) is 52.0 Å². The molecule has 2 heterocycles. The van der Waals surface area contributed by atoms with Gasteiger partial charge in [-0.25, -0.2) is 4.79 Å². The van der Waals surface area contributed by atoms with E-state index >= 15 is 0 Å². The van der Waals surface area contributed by atoms with Crippen LogP contribution in [0.25, 0.3) is 0 Å². The van der Waals surface area contributed by atoms with E-state index in [0.29, 0.717) is 24.8 Å². The molecule has 0 aromatic heterocycles. The van der Waals surface area contributed by atoms with Gasteiger partial charge in [-0.1, -0.05) is 6.42 Å². The van der Waals surface area contributed by atoms with Gasteiger partial charge >= 0.3 is 11.9 Å². The second-order valence-electron chi connectivity index (χ2n) is 11.5. The lowest BCUT2D eigenvalue weighted by molar-refractivity contribution is -0.195. The van der Waals surface area contributed by atoms with Gasteiger partial charge in [0.2, 0.25) is 18.1 Å². The van der Waals surface area contributed by atoms with Crippen molar-refractivity contribution >= 4 is 45.7 Å². The maximum absolute atomic E-state index is 12.8. The number of unbranched alkanes of at least 4 members (excludes halogenated alkanes) is 2. The van der Waals surface area contributed by atoms with Crippen molar-refractivity contribution in [3.63, 3.8) is 0 Å². The van der Waals surface area contributed by atoms with Gasteiger partial charge in [-0.3, -0.25) is 33.4 Å². The molecule has 0 aliphatic carbocycles. The van der Waals surface area contributed by atoms with Gasteiger partial charge in [-0.05, 0) is 31.4 Å². The number of amides is 4. The summed E-state index contributed by atoms with van der Waals surface area (Å²) in [5.74, 6) is -4.73. The zero-order valence-corrected chi connectivity index (χ0v) is 28.1. The number of carbonyl (C=O) groups is 6. The van der Waals surface area contributed by atoms with E-state index in [1.54, 1.807) is 6.07 Å². The lowest BCUT2D eigenvalue weighted by Crippen LogP contribution is -2.50. The normalized spacial score (nSPS) is 19.5. The van der Waals surface area contributed by atoms with Crippen LogP contribution in [0.2, 0.25) is 0 Å². The number of ether oxygens (including phenoxy) is 4. The van der Waals surface area contributed by atoms with Crippen LogP contribution in [0, 0.1) is 0 Å². The van der Waals surface area contributed by atoms with Crippen LogP contribution in [0.3, 0.4) is 0 Å². The van der Waals surface area contributed by atoms with Crippen molar-refractivity contribution in [3.8, 4) is 11.5 Å². The molecule has 4 atom stereocenters. The van der Waals surface area contributed by atoms with E-state index in [2.05, 4.69) is 10.6 Å². The molecule has 18 nitrogen and oxygen atoms in total. The van der Waals surface area contributed by atoms with Gasteiger partial charge in [0, 0.05) is 63.1 Å². The number of carbonyl (C=O) groups excluding carboxylic acids is 5. The van der Waals surface area contributed by atoms with Gasteiger partial charge in [0.1, 0.15) is 29.9 Å². The highest BCUT2D eigenvalue weighted by Crippen LogP contribution is 2.29. The summed E-state index contributed by atoms with van der Waals surface area (Å²) >= 11 is 0. The lowest BCUT2D eigenvalue weighted by atomic mass is 10.1. The van der Waals surface area contributed by atoms with Gasteiger partial charge in [-0.2, -0.15) is 8.42 Å². The van der Waals surface area contributed by atoms with Crippen LogP contribution >= 0.6 is 0 Å². The van der Waals surface area contributed by atoms with E-state index < -0.39 is 76.0 Å². The molecule has 3 rings (SSSR count). The van der Waals surface area contributed by atoms with Crippen molar-refractivity contribution in [1.82, 2.24) is 15.5 Å². The molecular formula is C31H41N3O15S. The number of nitrogens with zero attached hydrogens (tertiary/aromatic N) is 1. The van der Waals surface area contributed by atoms with Gasteiger partial charge in [-0.15, -0.1) is 0 Å². The molecule has 4 amide bonds. The molecule has 0 unspecified atom stereocenters. The summed E-state index contributed by atoms with van der Waals surface area (Å²) in [6, 6.07) is 2.94. The molecular weight excluding hydrogens is 686 g/mol. The number of hydrogen-bond acceptors (Lipinski definition) is 13. The summed E-state index contributed by atoms with van der Waals surface area (Å²) in [7, 11) is -4.65. The molecule has 5 N–H and O–H groups in total. The van der Waals surface area contributed by atoms with E-state index in [0.717, 1.165) is 4.90 Å². The Labute approximate surface area is 287 Å². The van der Waals surface area contributed by atoms with Crippen LogP contribution in [0.5, 0.6) is 11.5 Å². The van der Waals surface area contributed by atoms with Crippen LogP contribution < -0.4 is 20.1 Å². The molecule has 19 heteroatoms. The van der Waals surface area contributed by atoms with E-state index in [4.69, 9.17) is 18.9 Å². The molecule has 1 aromatic rings. The average Bonchev–Trinajstić information content (AvgIpc) is 3.35. The maximum atomic E-state index is 12.8. The molecule has 0 radical (unpaired) electrons. The number of carboxylic acid groups (broad SMARTS) is 1. The third-order valence-electron chi connectivity index (χ3n) is 7.37. The molecule has 2 aliphatic heterocycles. The van der Waals surface area contributed by atoms with Gasteiger partial charge < -0.3 is 39.8 Å². The maximum Gasteiger partial charge on any atom is 0.333 e. The summed E-state index contributed by atoms with van der Waals surface area (Å²) in [5.41, 5.74) is 0.454. The molecule has 2 aliphatic rings. The van der Waals surface area contributed by atoms with E-state index in [-0.39, 0.29) is 63.5 Å². The minimum Gasteiger partial charge on any atom is -0.493 e. The Morgan fingerprint density at radius 3 is 2.44 bits per heavy atom. The first kappa shape index (κ1) is 39.8. The van der Waals surface area contributed by atoms with E-state index in [1.807, 2.05) is 0 Å². The van der Waals surface area contributed by atoms with E-state index in [1.165, 1.54) is 31.2 Å². The topological polar surface area (TPSA) is 261 Å². The van der Waals surface area contributed by atoms with Crippen LogP contribution in [0.1, 0.15) is 57.4 Å². The molecule has 0 spiro atoms. The molecule has 1 aromatic carbocycles. The van der Waals surface area contributed by atoms with Crippen molar-refractivity contribution in [3.05, 3.63) is 35.9 Å². The van der Waals surface area contributed by atoms with Crippen molar-refractivity contribution in [2.75, 3.05) is 25.4 Å². The third kappa shape index (κ3) is 13.7. The SMILES string of the molecule is CC(=O)OCc1ccc(O[C@H]2C[C@@H](O)C[C@@H](C(=O)O)O2)cc1OCCCNC(=O)[C@H](CS(=O)(=O)O)NC(=O)CCCCCN1C(=O)C=CC1=O. The molecule has 0 bridgehead atoms. The van der Waals surface area contributed by atoms with Crippen molar-refractivity contribution in [2.24, 2.45) is 0 Å². The smallest absolute Gasteiger partial charge is 0.333 e. The number of aliphatic hydroxyl groups excluding tert-OH is 1. The third-order valence-corrected chi connectivity index (χ3v) is 8.13. The Kier molecular flexibility index (Phi) is 15.1. The number of rotatable bonds is 20. The quantitative estimate of drug-likeness (QED) is 0.0505. The zero-order valence-electron chi connectivity index (χ0n) is 27.3.